The van der Waals surface area contributed by atoms with Crippen LogP contribution in [0.3, 0.4) is 0 Å². The molecular formula is C44H60N10O12. The lowest BCUT2D eigenvalue weighted by atomic mass is 10.0. The molecule has 2 aromatic carbocycles. The molecule has 1 fully saturated rings. The number of rotatable bonds is 24. The number of amides is 9. The van der Waals surface area contributed by atoms with Gasteiger partial charge in [-0.15, -0.1) is 0 Å². The van der Waals surface area contributed by atoms with Gasteiger partial charge in [0.05, 0.1) is 25.4 Å². The fourth-order valence-corrected chi connectivity index (χ4v) is 7.18. The normalized spacial score (nSPS) is 17.1. The molecule has 0 radical (unpaired) electrons. The van der Waals surface area contributed by atoms with Gasteiger partial charge in [-0.05, 0) is 49.8 Å². The van der Waals surface area contributed by atoms with Crippen LogP contribution in [0.1, 0.15) is 58.1 Å². The summed E-state index contributed by atoms with van der Waals surface area (Å²) >= 11 is 0. The Morgan fingerprint density at radius 3 is 1.79 bits per heavy atom. The first-order valence-corrected chi connectivity index (χ1v) is 21.5. The number of H-pyrrole nitrogens is 1. The summed E-state index contributed by atoms with van der Waals surface area (Å²) in [5.74, 6) is -7.72. The number of carbonyl (C=O) groups is 9. The van der Waals surface area contributed by atoms with Crippen LogP contribution < -0.4 is 48.3 Å². The predicted molar refractivity (Wildman–Crippen MR) is 237 cm³/mol. The predicted octanol–water partition coefficient (Wildman–Crippen LogP) is -3.46. The van der Waals surface area contributed by atoms with E-state index in [4.69, 9.17) is 5.73 Å². The van der Waals surface area contributed by atoms with Crippen LogP contribution in [0.5, 0.6) is 0 Å². The summed E-state index contributed by atoms with van der Waals surface area (Å²) in [6, 6.07) is 5.43. The minimum Gasteiger partial charge on any atom is -0.394 e. The monoisotopic (exact) mass is 920 g/mol. The smallest absolute Gasteiger partial charge is 0.245 e. The third-order valence-corrected chi connectivity index (χ3v) is 10.7. The standard InChI is InChI=1S/C44H60N10O12/c1-22(2)16-30(49-39(61)29-14-15-35(59)48-29)40(62)53-36(23(3)56)43(65)51-31(17-25-10-6-5-7-11-25)41(63)54-37(24(4)57)44(66)52-33(21-55)42(64)50-32(38(60)47-20-34(45)58)18-26-19-46-28-13-9-8-12-27(26)28/h5-13,19,22-24,29-33,36-37,46,55-57H,14-18,20-21H2,1-4H3,(H2,45,58)(H,47,60)(H,48,59)(H,49,61)(H,50,64)(H,51,65)(H,52,66)(H,53,62)(H,54,63)/t23-,24-,29+,30+,31+,32+,33+,36+,37+/m1/s1. The van der Waals surface area contributed by atoms with E-state index >= 15 is 0 Å². The number of aromatic nitrogens is 1. The number of nitrogens with two attached hydrogens (primary N) is 1. The van der Waals surface area contributed by atoms with Gasteiger partial charge in [-0.2, -0.15) is 0 Å². The third kappa shape index (κ3) is 15.1. The Hall–Kier alpha value is -6.91. The average Bonchev–Trinajstić information content (AvgIpc) is 3.90. The van der Waals surface area contributed by atoms with Gasteiger partial charge < -0.3 is 68.6 Å². The molecule has 0 bridgehead atoms. The number of primary amides is 1. The van der Waals surface area contributed by atoms with Crippen LogP contribution in [0.4, 0.5) is 0 Å². The number of hydrogen-bond donors (Lipinski definition) is 13. The molecule has 14 N–H and O–H groups in total. The Morgan fingerprint density at radius 1 is 0.682 bits per heavy atom. The second-order valence-electron chi connectivity index (χ2n) is 16.6. The zero-order chi connectivity index (χ0) is 48.7. The number of fused-ring (bicyclic) bond motifs is 1. The lowest BCUT2D eigenvalue weighted by molar-refractivity contribution is -0.138. The number of hydrogen-bond acceptors (Lipinski definition) is 12. The molecule has 1 saturated heterocycles. The van der Waals surface area contributed by atoms with Crippen molar-refractivity contribution in [1.29, 1.82) is 0 Å². The van der Waals surface area contributed by atoms with Gasteiger partial charge in [0.25, 0.3) is 0 Å². The highest BCUT2D eigenvalue weighted by Crippen LogP contribution is 2.19. The maximum absolute atomic E-state index is 14.0. The number of aromatic amines is 1. The highest BCUT2D eigenvalue weighted by atomic mass is 16.3. The molecule has 4 rings (SSSR count). The van der Waals surface area contributed by atoms with Crippen molar-refractivity contribution in [3.05, 3.63) is 71.9 Å². The Labute approximate surface area is 380 Å². The van der Waals surface area contributed by atoms with Crippen molar-refractivity contribution in [3.63, 3.8) is 0 Å². The van der Waals surface area contributed by atoms with Crippen molar-refractivity contribution in [1.82, 2.24) is 47.5 Å². The fraction of sp³-hybridized carbons (Fsp3) is 0.477. The van der Waals surface area contributed by atoms with Crippen molar-refractivity contribution < 1.29 is 58.5 Å². The molecule has 1 aliphatic heterocycles. The van der Waals surface area contributed by atoms with Crippen LogP contribution in [-0.2, 0) is 56.0 Å². The van der Waals surface area contributed by atoms with Crippen molar-refractivity contribution in [2.45, 2.75) is 114 Å². The zero-order valence-electron chi connectivity index (χ0n) is 37.1. The van der Waals surface area contributed by atoms with Crippen LogP contribution in [0.2, 0.25) is 0 Å². The summed E-state index contributed by atoms with van der Waals surface area (Å²) in [5, 5.41) is 52.0. The van der Waals surface area contributed by atoms with E-state index in [1.54, 1.807) is 74.6 Å². The second kappa shape index (κ2) is 24.4. The second-order valence-corrected chi connectivity index (χ2v) is 16.6. The first-order valence-electron chi connectivity index (χ1n) is 21.5. The largest absolute Gasteiger partial charge is 0.394 e. The van der Waals surface area contributed by atoms with Crippen molar-refractivity contribution in [3.8, 4) is 0 Å². The highest BCUT2D eigenvalue weighted by Gasteiger charge is 2.37. The number of aliphatic hydroxyl groups excluding tert-OH is 3. The van der Waals surface area contributed by atoms with Crippen LogP contribution in [0, 0.1) is 5.92 Å². The number of nitrogens with one attached hydrogen (secondary N) is 9. The van der Waals surface area contributed by atoms with Crippen molar-refractivity contribution in [2.24, 2.45) is 11.7 Å². The van der Waals surface area contributed by atoms with Gasteiger partial charge in [-0.1, -0.05) is 62.4 Å². The van der Waals surface area contributed by atoms with Gasteiger partial charge in [0.1, 0.15) is 42.3 Å². The SMILES string of the molecule is CC(C)C[C@H](NC(=O)[C@@H]1CCC(=O)N1)C(=O)N[C@H](C(=O)N[C@@H](Cc1ccccc1)C(=O)N[C@H](C(=O)N[C@@H](CO)C(=O)N[C@@H](Cc1c[nH]c2ccccc12)C(=O)NCC(N)=O)[C@@H](C)O)[C@@H](C)O. The molecule has 22 heteroatoms. The number of para-hydroxylation sites is 1. The van der Waals surface area contributed by atoms with Crippen molar-refractivity contribution in [2.75, 3.05) is 13.2 Å². The molecule has 0 aliphatic carbocycles. The van der Waals surface area contributed by atoms with E-state index in [1.807, 2.05) is 0 Å². The van der Waals surface area contributed by atoms with Gasteiger partial charge in [0.15, 0.2) is 0 Å². The van der Waals surface area contributed by atoms with Crippen LogP contribution in [0.15, 0.2) is 60.8 Å². The Bertz CT molecular complexity index is 2220. The summed E-state index contributed by atoms with van der Waals surface area (Å²) in [6.07, 6.45) is -1.32. The Balaban J connectivity index is 1.50. The van der Waals surface area contributed by atoms with E-state index < -0.39 is 115 Å². The number of aliphatic hydroxyl groups is 3. The summed E-state index contributed by atoms with van der Waals surface area (Å²) in [5.41, 5.74) is 7.09. The first-order chi connectivity index (χ1) is 31.3. The van der Waals surface area contributed by atoms with Gasteiger partial charge >= 0.3 is 0 Å². The third-order valence-electron chi connectivity index (χ3n) is 10.7. The summed E-state index contributed by atoms with van der Waals surface area (Å²) in [6.45, 7) is 4.44. The minimum absolute atomic E-state index is 0.0939. The van der Waals surface area contributed by atoms with E-state index in [0.29, 0.717) is 11.1 Å². The highest BCUT2D eigenvalue weighted by molar-refractivity contribution is 5.99. The molecule has 9 atom stereocenters. The Morgan fingerprint density at radius 2 is 1.23 bits per heavy atom. The summed E-state index contributed by atoms with van der Waals surface area (Å²) in [7, 11) is 0. The molecule has 1 aliphatic rings. The molecule has 22 nitrogen and oxygen atoms in total. The van der Waals surface area contributed by atoms with E-state index in [1.165, 1.54) is 6.92 Å². The van der Waals surface area contributed by atoms with Gasteiger partial charge in [0, 0.05) is 36.4 Å². The molecule has 66 heavy (non-hydrogen) atoms. The first kappa shape index (κ1) is 51.7. The van der Waals surface area contributed by atoms with Crippen LogP contribution >= 0.6 is 0 Å². The number of carbonyl (C=O) groups excluding carboxylic acids is 9. The quantitative estimate of drug-likeness (QED) is 0.0417. The molecule has 9 amide bonds. The molecule has 0 spiro atoms. The topological polar surface area (TPSA) is 352 Å². The van der Waals surface area contributed by atoms with Crippen LogP contribution in [-0.4, -0.2) is 141 Å². The maximum atomic E-state index is 14.0. The van der Waals surface area contributed by atoms with E-state index in [-0.39, 0.29) is 43.9 Å². The zero-order valence-corrected chi connectivity index (χ0v) is 37.1. The number of benzene rings is 2. The lowest BCUT2D eigenvalue weighted by Crippen LogP contribution is -2.63. The van der Waals surface area contributed by atoms with E-state index in [2.05, 4.69) is 47.5 Å². The minimum atomic E-state index is -1.80. The van der Waals surface area contributed by atoms with E-state index in [9.17, 15) is 58.5 Å². The van der Waals surface area contributed by atoms with Gasteiger partial charge in [0.2, 0.25) is 53.2 Å². The molecule has 2 heterocycles. The molecular weight excluding hydrogens is 861 g/mol. The molecule has 0 unspecified atom stereocenters. The summed E-state index contributed by atoms with van der Waals surface area (Å²) < 4.78 is 0. The summed E-state index contributed by atoms with van der Waals surface area (Å²) in [4.78, 5) is 121. The van der Waals surface area contributed by atoms with Gasteiger partial charge in [-0.25, -0.2) is 0 Å². The average molecular weight is 921 g/mol. The molecule has 3 aromatic rings. The van der Waals surface area contributed by atoms with Gasteiger partial charge in [-0.3, -0.25) is 43.2 Å². The van der Waals surface area contributed by atoms with Crippen LogP contribution in [0.25, 0.3) is 10.9 Å². The Kier molecular flexibility index (Phi) is 19.1. The van der Waals surface area contributed by atoms with Crippen molar-refractivity contribution >= 4 is 64.1 Å². The lowest BCUT2D eigenvalue weighted by Gasteiger charge is -2.29. The molecule has 1 aromatic heterocycles. The fourth-order valence-electron chi connectivity index (χ4n) is 7.18. The molecule has 358 valence electrons. The molecule has 0 saturated carbocycles. The maximum Gasteiger partial charge on any atom is 0.245 e. The van der Waals surface area contributed by atoms with E-state index in [0.717, 1.165) is 17.8 Å².